The summed E-state index contributed by atoms with van der Waals surface area (Å²) in [4.78, 5) is 0. The minimum Gasteiger partial charge on any atom is -0.380 e. The van der Waals surface area contributed by atoms with Crippen LogP contribution in [0.2, 0.25) is 0 Å². The Morgan fingerprint density at radius 2 is 2.20 bits per heavy atom. The number of hydrogen-bond acceptors (Lipinski definition) is 2. The molecule has 0 unspecified atom stereocenters. The van der Waals surface area contributed by atoms with Gasteiger partial charge in [0.2, 0.25) is 0 Å². The Hall–Kier alpha value is -0.800. The van der Waals surface area contributed by atoms with Gasteiger partial charge in [0.15, 0.2) is 0 Å². The molecule has 1 aromatic rings. The zero-order valence-corrected chi connectivity index (χ0v) is 10.1. The van der Waals surface area contributed by atoms with Crippen LogP contribution in [0.1, 0.15) is 6.42 Å². The van der Waals surface area contributed by atoms with Crippen molar-refractivity contribution in [3.8, 4) is 0 Å². The summed E-state index contributed by atoms with van der Waals surface area (Å²) in [7, 11) is 0. The summed E-state index contributed by atoms with van der Waals surface area (Å²) < 4.78 is 6.48. The second-order valence-corrected chi connectivity index (χ2v) is 4.39. The molecule has 0 bridgehead atoms. The molecule has 0 radical (unpaired) electrons. The fourth-order valence-corrected chi connectivity index (χ4v) is 1.97. The van der Waals surface area contributed by atoms with Crippen LogP contribution in [0.15, 0.2) is 40.4 Å². The molecule has 1 aliphatic rings. The molecular weight excluding hydrogens is 254 g/mol. The van der Waals surface area contributed by atoms with E-state index < -0.39 is 0 Å². The molecule has 0 saturated heterocycles. The number of hydrogen-bond donors (Lipinski definition) is 1. The molecule has 0 saturated carbocycles. The van der Waals surface area contributed by atoms with Crippen molar-refractivity contribution in [1.82, 2.24) is 0 Å². The summed E-state index contributed by atoms with van der Waals surface area (Å²) >= 11 is 3.51. The lowest BCUT2D eigenvalue weighted by Gasteiger charge is -2.15. The van der Waals surface area contributed by atoms with Crippen molar-refractivity contribution in [3.63, 3.8) is 0 Å². The van der Waals surface area contributed by atoms with Gasteiger partial charge >= 0.3 is 0 Å². The molecule has 1 aromatic carbocycles. The lowest BCUT2D eigenvalue weighted by molar-refractivity contribution is 0.150. The zero-order chi connectivity index (χ0) is 10.5. The lowest BCUT2D eigenvalue weighted by Crippen LogP contribution is -2.14. The largest absolute Gasteiger partial charge is 0.380 e. The second-order valence-electron chi connectivity index (χ2n) is 3.54. The number of benzene rings is 1. The van der Waals surface area contributed by atoms with E-state index in [9.17, 15) is 0 Å². The van der Waals surface area contributed by atoms with E-state index in [1.807, 2.05) is 18.2 Å². The van der Waals surface area contributed by atoms with Gasteiger partial charge in [0, 0.05) is 16.7 Å². The molecule has 3 heteroatoms. The number of ether oxygens (including phenoxy) is 1. The predicted molar refractivity (Wildman–Crippen MR) is 66.2 cm³/mol. The maximum absolute atomic E-state index is 5.38. The van der Waals surface area contributed by atoms with Gasteiger partial charge in [-0.05, 0) is 40.1 Å². The standard InChI is InChI=1S/C12H14BrNO/c13-11-5-1-2-6-12(11)14-8-10-4-3-7-15-9-10/h1-2,4-6,14H,3,7-9H2. The fourth-order valence-electron chi connectivity index (χ4n) is 1.55. The van der Waals surface area contributed by atoms with Crippen LogP contribution in [0.4, 0.5) is 5.69 Å². The van der Waals surface area contributed by atoms with E-state index in [4.69, 9.17) is 4.74 Å². The third-order valence-electron chi connectivity index (χ3n) is 2.36. The Bertz CT molecular complexity index is 362. The minimum atomic E-state index is 0.761. The van der Waals surface area contributed by atoms with Crippen molar-refractivity contribution in [3.05, 3.63) is 40.4 Å². The molecule has 0 aliphatic carbocycles. The number of halogens is 1. The highest BCUT2D eigenvalue weighted by atomic mass is 79.9. The van der Waals surface area contributed by atoms with Crippen LogP contribution in [0.5, 0.6) is 0 Å². The summed E-state index contributed by atoms with van der Waals surface area (Å²) in [5.41, 5.74) is 2.46. The average Bonchev–Trinajstić information content (AvgIpc) is 2.29. The summed E-state index contributed by atoms with van der Waals surface area (Å²) in [6.45, 7) is 2.48. The summed E-state index contributed by atoms with van der Waals surface area (Å²) in [5.74, 6) is 0. The molecule has 0 spiro atoms. The Balaban J connectivity index is 1.93. The number of rotatable bonds is 3. The van der Waals surface area contributed by atoms with Crippen molar-refractivity contribution in [2.75, 3.05) is 25.1 Å². The van der Waals surface area contributed by atoms with Crippen LogP contribution in [0.3, 0.4) is 0 Å². The highest BCUT2D eigenvalue weighted by molar-refractivity contribution is 9.10. The molecule has 1 N–H and O–H groups in total. The van der Waals surface area contributed by atoms with E-state index >= 15 is 0 Å². The Kier molecular flexibility index (Phi) is 3.80. The van der Waals surface area contributed by atoms with E-state index in [1.165, 1.54) is 5.57 Å². The number of anilines is 1. The molecule has 2 rings (SSSR count). The van der Waals surface area contributed by atoms with Gasteiger partial charge in [-0.3, -0.25) is 0 Å². The highest BCUT2D eigenvalue weighted by Crippen LogP contribution is 2.21. The number of para-hydroxylation sites is 1. The van der Waals surface area contributed by atoms with Crippen molar-refractivity contribution >= 4 is 21.6 Å². The van der Waals surface area contributed by atoms with Gasteiger partial charge < -0.3 is 10.1 Å². The summed E-state index contributed by atoms with van der Waals surface area (Å²) in [5, 5.41) is 3.39. The SMILES string of the molecule is Brc1ccccc1NCC1=CCCOC1. The first-order valence-electron chi connectivity index (χ1n) is 5.10. The van der Waals surface area contributed by atoms with Crippen molar-refractivity contribution in [1.29, 1.82) is 0 Å². The Morgan fingerprint density at radius 1 is 1.33 bits per heavy atom. The monoisotopic (exact) mass is 267 g/mol. The third kappa shape index (κ3) is 3.08. The molecule has 0 amide bonds. The van der Waals surface area contributed by atoms with Crippen molar-refractivity contribution < 1.29 is 4.74 Å². The van der Waals surface area contributed by atoms with Gasteiger partial charge in [-0.2, -0.15) is 0 Å². The molecule has 0 atom stereocenters. The molecule has 1 aliphatic heterocycles. The second kappa shape index (κ2) is 5.33. The smallest absolute Gasteiger partial charge is 0.0693 e. The van der Waals surface area contributed by atoms with Gasteiger partial charge in [0.1, 0.15) is 0 Å². The average molecular weight is 268 g/mol. The first kappa shape index (κ1) is 10.7. The third-order valence-corrected chi connectivity index (χ3v) is 3.05. The van der Waals surface area contributed by atoms with Crippen LogP contribution in [-0.2, 0) is 4.74 Å². The Labute approximate surface area is 98.5 Å². The van der Waals surface area contributed by atoms with Gasteiger partial charge in [0.05, 0.1) is 13.2 Å². The molecule has 2 nitrogen and oxygen atoms in total. The van der Waals surface area contributed by atoms with E-state index in [1.54, 1.807) is 0 Å². The van der Waals surface area contributed by atoms with E-state index in [0.717, 1.165) is 36.3 Å². The van der Waals surface area contributed by atoms with E-state index in [0.29, 0.717) is 0 Å². The fraction of sp³-hybridized carbons (Fsp3) is 0.333. The van der Waals surface area contributed by atoms with Gasteiger partial charge in [-0.1, -0.05) is 18.2 Å². The zero-order valence-electron chi connectivity index (χ0n) is 8.50. The first-order chi connectivity index (χ1) is 7.36. The molecule has 0 aromatic heterocycles. The minimum absolute atomic E-state index is 0.761. The number of nitrogens with one attached hydrogen (secondary N) is 1. The predicted octanol–water partition coefficient (Wildman–Crippen LogP) is 3.21. The van der Waals surface area contributed by atoms with Crippen LogP contribution < -0.4 is 5.32 Å². The molecule has 15 heavy (non-hydrogen) atoms. The van der Waals surface area contributed by atoms with Crippen LogP contribution in [-0.4, -0.2) is 19.8 Å². The van der Waals surface area contributed by atoms with Crippen LogP contribution >= 0.6 is 15.9 Å². The van der Waals surface area contributed by atoms with Crippen molar-refractivity contribution in [2.45, 2.75) is 6.42 Å². The normalized spacial score (nSPS) is 15.9. The van der Waals surface area contributed by atoms with E-state index in [-0.39, 0.29) is 0 Å². The van der Waals surface area contributed by atoms with Gasteiger partial charge in [-0.25, -0.2) is 0 Å². The van der Waals surface area contributed by atoms with Crippen LogP contribution in [0.25, 0.3) is 0 Å². The maximum atomic E-state index is 5.38. The Morgan fingerprint density at radius 3 is 2.93 bits per heavy atom. The summed E-state index contributed by atoms with van der Waals surface area (Å²) in [6, 6.07) is 8.14. The van der Waals surface area contributed by atoms with Gasteiger partial charge in [-0.15, -0.1) is 0 Å². The molecule has 0 fully saturated rings. The highest BCUT2D eigenvalue weighted by Gasteiger charge is 2.04. The maximum Gasteiger partial charge on any atom is 0.0693 e. The lowest BCUT2D eigenvalue weighted by atomic mass is 10.2. The molecule has 80 valence electrons. The quantitative estimate of drug-likeness (QED) is 0.850. The van der Waals surface area contributed by atoms with Crippen molar-refractivity contribution in [2.24, 2.45) is 0 Å². The van der Waals surface area contributed by atoms with Gasteiger partial charge in [0.25, 0.3) is 0 Å². The molecule has 1 heterocycles. The molecular formula is C12H14BrNO. The van der Waals surface area contributed by atoms with Crippen LogP contribution in [0, 0.1) is 0 Å². The summed E-state index contributed by atoms with van der Waals surface area (Å²) in [6.07, 6.45) is 3.29. The van der Waals surface area contributed by atoms with E-state index in [2.05, 4.69) is 33.4 Å². The first-order valence-corrected chi connectivity index (χ1v) is 5.89. The topological polar surface area (TPSA) is 21.3 Å².